The maximum atomic E-state index is 12.5. The molecule has 0 heterocycles. The third-order valence-electron chi connectivity index (χ3n) is 4.48. The molecule has 1 saturated carbocycles. The van der Waals surface area contributed by atoms with Crippen molar-refractivity contribution >= 4 is 9.84 Å². The standard InChI is InChI=1S/C16H24O3S/c1-13-8-10-16(17,11-9-13)12-20(18,19)14(2)15-6-4-3-5-7-15/h3-7,13-14,17H,8-12H2,1-2H3/t13?,14-,16?/m0/s1. The molecule has 0 aliphatic heterocycles. The van der Waals surface area contributed by atoms with E-state index in [9.17, 15) is 13.5 Å². The van der Waals surface area contributed by atoms with Crippen LogP contribution in [-0.2, 0) is 9.84 Å². The van der Waals surface area contributed by atoms with Gasteiger partial charge >= 0.3 is 0 Å². The van der Waals surface area contributed by atoms with Crippen molar-refractivity contribution in [1.82, 2.24) is 0 Å². The first-order valence-electron chi connectivity index (χ1n) is 7.31. The minimum atomic E-state index is -3.34. The molecule has 3 nitrogen and oxygen atoms in total. The van der Waals surface area contributed by atoms with Crippen LogP contribution in [0.15, 0.2) is 30.3 Å². The minimum absolute atomic E-state index is 0.122. The Bertz CT molecular complexity index is 528. The molecular formula is C16H24O3S. The Morgan fingerprint density at radius 3 is 2.35 bits per heavy atom. The molecular weight excluding hydrogens is 272 g/mol. The van der Waals surface area contributed by atoms with Crippen molar-refractivity contribution in [1.29, 1.82) is 0 Å². The maximum absolute atomic E-state index is 12.5. The van der Waals surface area contributed by atoms with Gasteiger partial charge in [-0.2, -0.15) is 0 Å². The van der Waals surface area contributed by atoms with Crippen LogP contribution in [0.5, 0.6) is 0 Å². The van der Waals surface area contributed by atoms with Gasteiger partial charge < -0.3 is 5.11 Å². The number of hydrogen-bond acceptors (Lipinski definition) is 3. The van der Waals surface area contributed by atoms with Crippen LogP contribution in [0.2, 0.25) is 0 Å². The monoisotopic (exact) mass is 296 g/mol. The topological polar surface area (TPSA) is 54.4 Å². The van der Waals surface area contributed by atoms with Gasteiger partial charge in [0.25, 0.3) is 0 Å². The summed E-state index contributed by atoms with van der Waals surface area (Å²) >= 11 is 0. The van der Waals surface area contributed by atoms with Crippen molar-refractivity contribution in [2.75, 3.05) is 5.75 Å². The first-order valence-corrected chi connectivity index (χ1v) is 9.03. The van der Waals surface area contributed by atoms with E-state index in [4.69, 9.17) is 0 Å². The van der Waals surface area contributed by atoms with Gasteiger partial charge in [-0.15, -0.1) is 0 Å². The molecule has 1 N–H and O–H groups in total. The quantitative estimate of drug-likeness (QED) is 0.929. The lowest BCUT2D eigenvalue weighted by atomic mass is 9.81. The zero-order valence-corrected chi connectivity index (χ0v) is 13.1. The van der Waals surface area contributed by atoms with Crippen LogP contribution in [0, 0.1) is 5.92 Å². The molecule has 20 heavy (non-hydrogen) atoms. The van der Waals surface area contributed by atoms with Gasteiger partial charge in [-0.3, -0.25) is 0 Å². The summed E-state index contributed by atoms with van der Waals surface area (Å²) in [6.07, 6.45) is 3.00. The maximum Gasteiger partial charge on any atom is 0.159 e. The van der Waals surface area contributed by atoms with E-state index >= 15 is 0 Å². The largest absolute Gasteiger partial charge is 0.389 e. The van der Waals surface area contributed by atoms with Gasteiger partial charge in [0.05, 0.1) is 16.6 Å². The van der Waals surface area contributed by atoms with Gasteiger partial charge in [0.1, 0.15) is 0 Å². The van der Waals surface area contributed by atoms with Crippen molar-refractivity contribution in [3.05, 3.63) is 35.9 Å². The third-order valence-corrected chi connectivity index (χ3v) is 6.77. The van der Waals surface area contributed by atoms with Gasteiger partial charge in [-0.25, -0.2) is 8.42 Å². The van der Waals surface area contributed by atoms with Crippen LogP contribution in [0.3, 0.4) is 0 Å². The summed E-state index contributed by atoms with van der Waals surface area (Å²) in [5.74, 6) is 0.465. The molecule has 1 aliphatic rings. The Balaban J connectivity index is 2.11. The van der Waals surface area contributed by atoms with Crippen LogP contribution < -0.4 is 0 Å². The summed E-state index contributed by atoms with van der Waals surface area (Å²) in [6.45, 7) is 3.86. The number of hydrogen-bond donors (Lipinski definition) is 1. The van der Waals surface area contributed by atoms with Crippen molar-refractivity contribution in [2.45, 2.75) is 50.4 Å². The first-order chi connectivity index (χ1) is 9.32. The summed E-state index contributed by atoms with van der Waals surface area (Å²) in [6, 6.07) is 9.22. The molecule has 1 aliphatic carbocycles. The molecule has 1 fully saturated rings. The highest BCUT2D eigenvalue weighted by Crippen LogP contribution is 2.35. The summed E-state index contributed by atoms with van der Waals surface area (Å²) in [7, 11) is -3.34. The highest BCUT2D eigenvalue weighted by atomic mass is 32.2. The molecule has 0 spiro atoms. The highest BCUT2D eigenvalue weighted by molar-refractivity contribution is 7.91. The van der Waals surface area contributed by atoms with Crippen LogP contribution in [0.1, 0.15) is 50.3 Å². The predicted octanol–water partition coefficient (Wildman–Crippen LogP) is 3.10. The Labute approximate surface area is 121 Å². The number of aliphatic hydroxyl groups is 1. The molecule has 1 aromatic carbocycles. The zero-order chi connectivity index (χ0) is 14.8. The molecule has 0 bridgehead atoms. The molecule has 0 saturated heterocycles. The van der Waals surface area contributed by atoms with E-state index in [1.54, 1.807) is 6.92 Å². The van der Waals surface area contributed by atoms with Crippen LogP contribution in [0.25, 0.3) is 0 Å². The molecule has 0 amide bonds. The van der Waals surface area contributed by atoms with E-state index in [2.05, 4.69) is 6.92 Å². The molecule has 0 aromatic heterocycles. The van der Waals surface area contributed by atoms with E-state index in [0.717, 1.165) is 18.4 Å². The van der Waals surface area contributed by atoms with Crippen LogP contribution >= 0.6 is 0 Å². The Kier molecular flexibility index (Phi) is 4.55. The Morgan fingerprint density at radius 1 is 1.25 bits per heavy atom. The normalized spacial score (nSPS) is 29.1. The smallest absolute Gasteiger partial charge is 0.159 e. The fourth-order valence-electron chi connectivity index (χ4n) is 2.87. The number of sulfone groups is 1. The molecule has 0 radical (unpaired) electrons. The predicted molar refractivity (Wildman–Crippen MR) is 81.2 cm³/mol. The Hall–Kier alpha value is -0.870. The third kappa shape index (κ3) is 3.61. The van der Waals surface area contributed by atoms with Gasteiger partial charge in [0.15, 0.2) is 9.84 Å². The number of benzene rings is 1. The summed E-state index contributed by atoms with van der Waals surface area (Å²) in [5, 5.41) is 9.98. The van der Waals surface area contributed by atoms with Crippen molar-refractivity contribution in [2.24, 2.45) is 5.92 Å². The van der Waals surface area contributed by atoms with Crippen molar-refractivity contribution in [3.63, 3.8) is 0 Å². The van der Waals surface area contributed by atoms with Crippen LogP contribution in [0.4, 0.5) is 0 Å². The number of rotatable bonds is 4. The van der Waals surface area contributed by atoms with Gasteiger partial charge in [-0.1, -0.05) is 37.3 Å². The molecule has 1 atom stereocenters. The zero-order valence-electron chi connectivity index (χ0n) is 12.2. The van der Waals surface area contributed by atoms with E-state index in [1.807, 2.05) is 30.3 Å². The van der Waals surface area contributed by atoms with Gasteiger partial charge in [-0.05, 0) is 44.1 Å². The molecule has 112 valence electrons. The fourth-order valence-corrected chi connectivity index (χ4v) is 4.73. The van der Waals surface area contributed by atoms with Crippen molar-refractivity contribution in [3.8, 4) is 0 Å². The summed E-state index contributed by atoms with van der Waals surface area (Å²) in [5.41, 5.74) is -0.241. The van der Waals surface area contributed by atoms with E-state index in [1.165, 1.54) is 0 Å². The first kappa shape index (κ1) is 15.5. The lowest BCUT2D eigenvalue weighted by Crippen LogP contribution is -2.41. The minimum Gasteiger partial charge on any atom is -0.389 e. The average molecular weight is 296 g/mol. The van der Waals surface area contributed by atoms with E-state index in [0.29, 0.717) is 18.8 Å². The second-order valence-electron chi connectivity index (χ2n) is 6.27. The fraction of sp³-hybridized carbons (Fsp3) is 0.625. The van der Waals surface area contributed by atoms with Crippen molar-refractivity contribution < 1.29 is 13.5 Å². The summed E-state index contributed by atoms with van der Waals surface area (Å²) in [4.78, 5) is 0. The average Bonchev–Trinajstić information content (AvgIpc) is 2.42. The molecule has 0 unspecified atom stereocenters. The summed E-state index contributed by atoms with van der Waals surface area (Å²) < 4.78 is 25.1. The second-order valence-corrected chi connectivity index (χ2v) is 8.59. The SMILES string of the molecule is CC1CCC(O)(CS(=O)(=O)[C@@H](C)c2ccccc2)CC1. The van der Waals surface area contributed by atoms with Gasteiger partial charge in [0, 0.05) is 0 Å². The van der Waals surface area contributed by atoms with E-state index in [-0.39, 0.29) is 5.75 Å². The van der Waals surface area contributed by atoms with Crippen LogP contribution in [-0.4, -0.2) is 24.9 Å². The molecule has 2 rings (SSSR count). The van der Waals surface area contributed by atoms with Gasteiger partial charge in [0.2, 0.25) is 0 Å². The molecule has 4 heteroatoms. The highest BCUT2D eigenvalue weighted by Gasteiger charge is 2.38. The Morgan fingerprint density at radius 2 is 1.80 bits per heavy atom. The second kappa shape index (κ2) is 5.86. The lowest BCUT2D eigenvalue weighted by Gasteiger charge is -2.35. The molecule has 1 aromatic rings. The van der Waals surface area contributed by atoms with E-state index < -0.39 is 20.7 Å². The lowest BCUT2D eigenvalue weighted by molar-refractivity contribution is 0.0134.